The number of rotatable bonds is 7. The Morgan fingerprint density at radius 1 is 0.929 bits per heavy atom. The summed E-state index contributed by atoms with van der Waals surface area (Å²) in [6.45, 7) is 11.1. The molecule has 28 heavy (non-hydrogen) atoms. The van der Waals surface area contributed by atoms with Gasteiger partial charge in [0.1, 0.15) is 6.04 Å². The topological polar surface area (TPSA) is 98.7 Å². The Morgan fingerprint density at radius 3 is 1.82 bits per heavy atom. The number of benzene rings is 1. The van der Waals surface area contributed by atoms with Gasteiger partial charge in [0.25, 0.3) is 0 Å². The maximum absolute atomic E-state index is 12.4. The van der Waals surface area contributed by atoms with E-state index >= 15 is 0 Å². The minimum Gasteiger partial charge on any atom is -0.347 e. The standard InChI is InChI=1S/C17H25N3O4.2C2H6/c1-11(12(2)16(22)19-24)15(21)18-14(17(23)20(3)4)10-13-8-6-5-7-9-13;2*1-2/h5-9,11-12,14,24H,10H2,1-4H3,(H,18,21)(H,19,22);2*1-2H3. The number of nitrogens with zero attached hydrogens (tertiary/aromatic N) is 1. The van der Waals surface area contributed by atoms with Gasteiger partial charge in [0.2, 0.25) is 17.7 Å². The highest BCUT2D eigenvalue weighted by Gasteiger charge is 2.30. The molecule has 7 nitrogen and oxygen atoms in total. The molecule has 0 aliphatic rings. The first-order chi connectivity index (χ1) is 13.3. The molecule has 0 saturated heterocycles. The van der Waals surface area contributed by atoms with Gasteiger partial charge in [-0.1, -0.05) is 71.9 Å². The maximum atomic E-state index is 12.4. The summed E-state index contributed by atoms with van der Waals surface area (Å²) in [5, 5.41) is 11.4. The van der Waals surface area contributed by atoms with Crippen LogP contribution in [0.15, 0.2) is 30.3 Å². The van der Waals surface area contributed by atoms with Crippen molar-refractivity contribution in [3.63, 3.8) is 0 Å². The second-order valence-corrected chi connectivity index (χ2v) is 6.04. The molecule has 1 aromatic rings. The van der Waals surface area contributed by atoms with Crippen LogP contribution in [0.3, 0.4) is 0 Å². The highest BCUT2D eigenvalue weighted by atomic mass is 16.5. The molecule has 0 saturated carbocycles. The molecule has 0 heterocycles. The van der Waals surface area contributed by atoms with Crippen molar-refractivity contribution in [1.82, 2.24) is 15.7 Å². The van der Waals surface area contributed by atoms with Crippen LogP contribution in [0.2, 0.25) is 0 Å². The van der Waals surface area contributed by atoms with Gasteiger partial charge in [0.05, 0.1) is 0 Å². The Balaban J connectivity index is 0. The molecule has 7 heteroatoms. The molecule has 3 amide bonds. The number of amides is 3. The summed E-state index contributed by atoms with van der Waals surface area (Å²) in [5.41, 5.74) is 2.46. The van der Waals surface area contributed by atoms with Crippen LogP contribution in [0.25, 0.3) is 0 Å². The number of likely N-dealkylation sites (N-methyl/N-ethyl adjacent to an activating group) is 1. The molecule has 3 unspecified atom stereocenters. The number of hydrogen-bond acceptors (Lipinski definition) is 4. The third kappa shape index (κ3) is 9.50. The summed E-state index contributed by atoms with van der Waals surface area (Å²) < 4.78 is 0. The number of carbonyl (C=O) groups excluding carboxylic acids is 3. The lowest BCUT2D eigenvalue weighted by Gasteiger charge is -2.25. The highest BCUT2D eigenvalue weighted by Crippen LogP contribution is 2.13. The molecule has 0 bridgehead atoms. The molecule has 160 valence electrons. The van der Waals surface area contributed by atoms with Gasteiger partial charge in [-0.25, -0.2) is 5.48 Å². The molecule has 0 spiro atoms. The second kappa shape index (κ2) is 15.6. The van der Waals surface area contributed by atoms with Crippen LogP contribution in [-0.4, -0.2) is 48.0 Å². The fourth-order valence-electron chi connectivity index (χ4n) is 2.22. The highest BCUT2D eigenvalue weighted by molar-refractivity contribution is 5.91. The van der Waals surface area contributed by atoms with E-state index in [0.717, 1.165) is 5.56 Å². The number of hydroxylamine groups is 1. The van der Waals surface area contributed by atoms with E-state index in [2.05, 4.69) is 5.32 Å². The third-order valence-electron chi connectivity index (χ3n) is 4.03. The van der Waals surface area contributed by atoms with Gasteiger partial charge in [0, 0.05) is 32.4 Å². The van der Waals surface area contributed by atoms with Crippen LogP contribution in [0.5, 0.6) is 0 Å². The van der Waals surface area contributed by atoms with Gasteiger partial charge in [-0.3, -0.25) is 19.6 Å². The summed E-state index contributed by atoms with van der Waals surface area (Å²) in [4.78, 5) is 37.6. The largest absolute Gasteiger partial charge is 0.347 e. The summed E-state index contributed by atoms with van der Waals surface area (Å²) in [5.74, 6) is -2.69. The van der Waals surface area contributed by atoms with E-state index in [4.69, 9.17) is 5.21 Å². The molecule has 0 aromatic heterocycles. The fourth-order valence-corrected chi connectivity index (χ4v) is 2.22. The van der Waals surface area contributed by atoms with Gasteiger partial charge in [-0.15, -0.1) is 0 Å². The van der Waals surface area contributed by atoms with Crippen LogP contribution in [0.1, 0.15) is 47.1 Å². The molecule has 0 aliphatic heterocycles. The zero-order valence-corrected chi connectivity index (χ0v) is 18.4. The second-order valence-electron chi connectivity index (χ2n) is 6.04. The summed E-state index contributed by atoms with van der Waals surface area (Å²) in [6.07, 6.45) is 0.358. The molecule has 0 fully saturated rings. The minimum atomic E-state index is -0.721. The van der Waals surface area contributed by atoms with Crippen molar-refractivity contribution in [3.8, 4) is 0 Å². The van der Waals surface area contributed by atoms with E-state index in [1.807, 2.05) is 58.0 Å². The quantitative estimate of drug-likeness (QED) is 0.488. The smallest absolute Gasteiger partial charge is 0.246 e. The van der Waals surface area contributed by atoms with Crippen molar-refractivity contribution in [2.24, 2.45) is 11.8 Å². The van der Waals surface area contributed by atoms with Crippen molar-refractivity contribution < 1.29 is 19.6 Å². The summed E-state index contributed by atoms with van der Waals surface area (Å²) >= 11 is 0. The lowest BCUT2D eigenvalue weighted by Crippen LogP contribution is -2.50. The lowest BCUT2D eigenvalue weighted by molar-refractivity contribution is -0.140. The van der Waals surface area contributed by atoms with E-state index < -0.39 is 29.7 Å². The fraction of sp³-hybridized carbons (Fsp3) is 0.571. The Labute approximate surface area is 169 Å². The van der Waals surface area contributed by atoms with Crippen molar-refractivity contribution >= 4 is 17.7 Å². The maximum Gasteiger partial charge on any atom is 0.246 e. The zero-order chi connectivity index (χ0) is 22.3. The number of hydrogen-bond donors (Lipinski definition) is 3. The van der Waals surface area contributed by atoms with E-state index in [9.17, 15) is 14.4 Å². The Hall–Kier alpha value is -2.41. The third-order valence-corrected chi connectivity index (χ3v) is 4.03. The van der Waals surface area contributed by atoms with Gasteiger partial charge in [-0.2, -0.15) is 0 Å². The molecular formula is C21H37N3O4. The molecule has 0 radical (unpaired) electrons. The lowest BCUT2D eigenvalue weighted by atomic mass is 9.93. The molecular weight excluding hydrogens is 358 g/mol. The van der Waals surface area contributed by atoms with Crippen molar-refractivity contribution in [1.29, 1.82) is 0 Å². The van der Waals surface area contributed by atoms with Gasteiger partial charge in [-0.05, 0) is 5.56 Å². The summed E-state index contributed by atoms with van der Waals surface area (Å²) in [7, 11) is 3.25. The van der Waals surface area contributed by atoms with Crippen LogP contribution in [0.4, 0.5) is 0 Å². The van der Waals surface area contributed by atoms with Crippen molar-refractivity contribution in [2.45, 2.75) is 54.0 Å². The molecule has 3 atom stereocenters. The zero-order valence-electron chi connectivity index (χ0n) is 18.4. The SMILES string of the molecule is CC.CC.CC(C(=O)NO)C(C)C(=O)NC(Cc1ccccc1)C(=O)N(C)C. The predicted octanol–water partition coefficient (Wildman–Crippen LogP) is 2.63. The van der Waals surface area contributed by atoms with Crippen molar-refractivity contribution in [2.75, 3.05) is 14.1 Å². The molecule has 1 rings (SSSR count). The minimum absolute atomic E-state index is 0.223. The Kier molecular flexibility index (Phi) is 15.5. The van der Waals surface area contributed by atoms with Gasteiger partial charge < -0.3 is 10.2 Å². The van der Waals surface area contributed by atoms with Crippen LogP contribution in [0, 0.1) is 11.8 Å². The summed E-state index contributed by atoms with van der Waals surface area (Å²) in [6, 6.07) is 8.65. The van der Waals surface area contributed by atoms with Crippen LogP contribution < -0.4 is 10.8 Å². The van der Waals surface area contributed by atoms with Gasteiger partial charge >= 0.3 is 0 Å². The Morgan fingerprint density at radius 2 is 1.39 bits per heavy atom. The van der Waals surface area contributed by atoms with Gasteiger partial charge in [0.15, 0.2) is 0 Å². The van der Waals surface area contributed by atoms with E-state index in [0.29, 0.717) is 6.42 Å². The van der Waals surface area contributed by atoms with Crippen LogP contribution in [-0.2, 0) is 20.8 Å². The normalized spacial score (nSPS) is 12.6. The van der Waals surface area contributed by atoms with E-state index in [1.54, 1.807) is 26.5 Å². The first kappa shape index (κ1) is 27.8. The monoisotopic (exact) mass is 395 g/mol. The van der Waals surface area contributed by atoms with Crippen LogP contribution >= 0.6 is 0 Å². The van der Waals surface area contributed by atoms with E-state index in [1.165, 1.54) is 11.8 Å². The first-order valence-electron chi connectivity index (χ1n) is 9.77. The average Bonchev–Trinajstić information content (AvgIpc) is 2.74. The average molecular weight is 396 g/mol. The number of nitrogens with one attached hydrogen (secondary N) is 2. The molecule has 1 aromatic carbocycles. The molecule has 0 aliphatic carbocycles. The Bertz CT molecular complexity index is 576. The first-order valence-corrected chi connectivity index (χ1v) is 9.77. The van der Waals surface area contributed by atoms with E-state index in [-0.39, 0.29) is 5.91 Å². The molecule has 3 N–H and O–H groups in total. The number of carbonyl (C=O) groups is 3. The predicted molar refractivity (Wildman–Crippen MR) is 112 cm³/mol. The van der Waals surface area contributed by atoms with Crippen molar-refractivity contribution in [3.05, 3.63) is 35.9 Å².